The summed E-state index contributed by atoms with van der Waals surface area (Å²) in [5.74, 6) is 0.797. The van der Waals surface area contributed by atoms with Gasteiger partial charge in [0.1, 0.15) is 11.8 Å². The maximum Gasteiger partial charge on any atom is 0.184 e. The Hall–Kier alpha value is -1.53. The van der Waals surface area contributed by atoms with Gasteiger partial charge in [-0.15, -0.1) is 0 Å². The number of hydrogen-bond donors (Lipinski definition) is 1. The second kappa shape index (κ2) is 6.27. The molecule has 3 heteroatoms. The molecule has 0 radical (unpaired) electrons. The third kappa shape index (κ3) is 3.47. The van der Waals surface area contributed by atoms with Crippen molar-refractivity contribution in [3.63, 3.8) is 0 Å². The number of hydrogen-bond acceptors (Lipinski definition) is 3. The van der Waals surface area contributed by atoms with E-state index < -0.39 is 0 Å². The molecule has 0 aliphatic heterocycles. The Morgan fingerprint density at radius 3 is 2.71 bits per heavy atom. The lowest BCUT2D eigenvalue weighted by Crippen LogP contribution is -2.17. The fourth-order valence-electron chi connectivity index (χ4n) is 1.62. The topological polar surface area (TPSA) is 45.0 Å². The van der Waals surface area contributed by atoms with Crippen LogP contribution in [0.25, 0.3) is 0 Å². The maximum absolute atomic E-state index is 8.94. The highest BCUT2D eigenvalue weighted by molar-refractivity contribution is 5.39. The average Bonchev–Trinajstić information content (AvgIpc) is 2.36. The van der Waals surface area contributed by atoms with Crippen molar-refractivity contribution in [2.24, 2.45) is 0 Å². The highest BCUT2D eigenvalue weighted by atomic mass is 16.5. The molecule has 0 aliphatic rings. The quantitative estimate of drug-likeness (QED) is 0.849. The molecule has 0 amide bonds. The molecule has 2 atom stereocenters. The smallest absolute Gasteiger partial charge is 0.184 e. The molecule has 1 N–H and O–H groups in total. The predicted molar refractivity (Wildman–Crippen MR) is 69.0 cm³/mol. The van der Waals surface area contributed by atoms with E-state index >= 15 is 0 Å². The maximum atomic E-state index is 8.94. The normalized spacial score (nSPS) is 13.8. The van der Waals surface area contributed by atoms with E-state index in [9.17, 15) is 0 Å². The zero-order valence-corrected chi connectivity index (χ0v) is 10.9. The first-order chi connectivity index (χ1) is 8.12. The van der Waals surface area contributed by atoms with Gasteiger partial charge in [0.05, 0.1) is 0 Å². The lowest BCUT2D eigenvalue weighted by Gasteiger charge is -2.19. The van der Waals surface area contributed by atoms with Gasteiger partial charge >= 0.3 is 0 Å². The minimum absolute atomic E-state index is 0.209. The van der Waals surface area contributed by atoms with E-state index in [2.05, 4.69) is 31.3 Å². The van der Waals surface area contributed by atoms with E-state index in [1.807, 2.05) is 26.1 Å². The molecular formula is C14H20N2O. The minimum atomic E-state index is -0.375. The van der Waals surface area contributed by atoms with Gasteiger partial charge in [-0.2, -0.15) is 5.26 Å². The molecule has 0 saturated heterocycles. The molecule has 1 rings (SSSR count). The Kier molecular flexibility index (Phi) is 4.99. The molecule has 0 heterocycles. The Bertz CT molecular complexity index is 409. The number of rotatable bonds is 5. The standard InChI is InChI=1S/C14H20N2O/c1-5-12(9-15)17-14-7-6-10(2)8-13(14)11(3)16-4/h6-8,11-12,16H,5H2,1-4H3. The van der Waals surface area contributed by atoms with Crippen LogP contribution in [0.1, 0.15) is 37.4 Å². The fourth-order valence-corrected chi connectivity index (χ4v) is 1.62. The third-order valence-electron chi connectivity index (χ3n) is 2.85. The summed E-state index contributed by atoms with van der Waals surface area (Å²) >= 11 is 0. The summed E-state index contributed by atoms with van der Waals surface area (Å²) in [6, 6.07) is 8.41. The number of nitriles is 1. The van der Waals surface area contributed by atoms with E-state index in [0.717, 1.165) is 11.3 Å². The van der Waals surface area contributed by atoms with Gasteiger partial charge in [-0.05, 0) is 33.4 Å². The van der Waals surface area contributed by atoms with Crippen LogP contribution in [0.2, 0.25) is 0 Å². The van der Waals surface area contributed by atoms with E-state index in [-0.39, 0.29) is 12.1 Å². The number of nitrogens with zero attached hydrogens (tertiary/aromatic N) is 1. The van der Waals surface area contributed by atoms with Crippen molar-refractivity contribution in [3.05, 3.63) is 29.3 Å². The van der Waals surface area contributed by atoms with Crippen molar-refractivity contribution in [2.75, 3.05) is 7.05 Å². The molecule has 1 aromatic carbocycles. The molecule has 0 spiro atoms. The SMILES string of the molecule is CCC(C#N)Oc1ccc(C)cc1C(C)NC. The Morgan fingerprint density at radius 1 is 1.47 bits per heavy atom. The average molecular weight is 232 g/mol. The first kappa shape index (κ1) is 13.5. The minimum Gasteiger partial charge on any atom is -0.475 e. The van der Waals surface area contributed by atoms with Gasteiger partial charge in [0.15, 0.2) is 6.10 Å². The van der Waals surface area contributed by atoms with Gasteiger partial charge in [-0.1, -0.05) is 24.6 Å². The molecule has 92 valence electrons. The van der Waals surface area contributed by atoms with Crippen molar-refractivity contribution < 1.29 is 4.74 Å². The number of benzene rings is 1. The predicted octanol–water partition coefficient (Wildman–Crippen LogP) is 2.96. The summed E-state index contributed by atoms with van der Waals surface area (Å²) in [6.45, 7) is 6.08. The van der Waals surface area contributed by atoms with Crippen molar-refractivity contribution in [1.82, 2.24) is 5.32 Å². The first-order valence-corrected chi connectivity index (χ1v) is 5.96. The van der Waals surface area contributed by atoms with Crippen molar-refractivity contribution in [2.45, 2.75) is 39.3 Å². The van der Waals surface area contributed by atoms with Crippen LogP contribution in [-0.2, 0) is 0 Å². The van der Waals surface area contributed by atoms with E-state index in [1.165, 1.54) is 5.56 Å². The van der Waals surface area contributed by atoms with Crippen molar-refractivity contribution in [1.29, 1.82) is 5.26 Å². The molecule has 0 aromatic heterocycles. The zero-order valence-electron chi connectivity index (χ0n) is 10.9. The molecule has 2 unspecified atom stereocenters. The summed E-state index contributed by atoms with van der Waals surface area (Å²) in [6.07, 6.45) is 0.318. The van der Waals surface area contributed by atoms with Crippen LogP contribution in [0.3, 0.4) is 0 Å². The highest BCUT2D eigenvalue weighted by Gasteiger charge is 2.13. The lowest BCUT2D eigenvalue weighted by atomic mass is 10.0. The van der Waals surface area contributed by atoms with Crippen molar-refractivity contribution >= 4 is 0 Å². The monoisotopic (exact) mass is 232 g/mol. The second-order valence-corrected chi connectivity index (χ2v) is 4.20. The third-order valence-corrected chi connectivity index (χ3v) is 2.85. The first-order valence-electron chi connectivity index (χ1n) is 5.96. The number of aryl methyl sites for hydroxylation is 1. The Balaban J connectivity index is 3.02. The molecular weight excluding hydrogens is 212 g/mol. The van der Waals surface area contributed by atoms with Gasteiger partial charge < -0.3 is 10.1 Å². The zero-order chi connectivity index (χ0) is 12.8. The summed E-state index contributed by atoms with van der Waals surface area (Å²) < 4.78 is 5.72. The van der Waals surface area contributed by atoms with Crippen molar-refractivity contribution in [3.8, 4) is 11.8 Å². The molecule has 1 aromatic rings. The molecule has 3 nitrogen and oxygen atoms in total. The molecule has 0 saturated carbocycles. The van der Waals surface area contributed by atoms with Gasteiger partial charge in [0.25, 0.3) is 0 Å². The summed E-state index contributed by atoms with van der Waals surface area (Å²) in [4.78, 5) is 0. The Morgan fingerprint density at radius 2 is 2.18 bits per heavy atom. The fraction of sp³-hybridized carbons (Fsp3) is 0.500. The van der Waals surface area contributed by atoms with Crippen LogP contribution in [0, 0.1) is 18.3 Å². The molecule has 0 fully saturated rings. The van der Waals surface area contributed by atoms with Crippen LogP contribution < -0.4 is 10.1 Å². The van der Waals surface area contributed by atoms with Gasteiger partial charge in [0, 0.05) is 11.6 Å². The highest BCUT2D eigenvalue weighted by Crippen LogP contribution is 2.27. The number of nitrogens with one attached hydrogen (secondary N) is 1. The largest absolute Gasteiger partial charge is 0.475 e. The Labute approximate surface area is 103 Å². The second-order valence-electron chi connectivity index (χ2n) is 4.20. The number of ether oxygens (including phenoxy) is 1. The molecule has 0 bridgehead atoms. The summed E-state index contributed by atoms with van der Waals surface area (Å²) in [7, 11) is 1.92. The van der Waals surface area contributed by atoms with Crippen LogP contribution in [0.4, 0.5) is 0 Å². The van der Waals surface area contributed by atoms with Crippen LogP contribution in [0.5, 0.6) is 5.75 Å². The van der Waals surface area contributed by atoms with Gasteiger partial charge in [-0.25, -0.2) is 0 Å². The summed E-state index contributed by atoms with van der Waals surface area (Å²) in [5.41, 5.74) is 2.29. The van der Waals surface area contributed by atoms with Crippen LogP contribution in [0.15, 0.2) is 18.2 Å². The van der Waals surface area contributed by atoms with E-state index in [0.29, 0.717) is 6.42 Å². The molecule has 0 aliphatic carbocycles. The summed E-state index contributed by atoms with van der Waals surface area (Å²) in [5, 5.41) is 12.1. The lowest BCUT2D eigenvalue weighted by molar-refractivity contribution is 0.247. The van der Waals surface area contributed by atoms with Gasteiger partial charge in [0.2, 0.25) is 0 Å². The van der Waals surface area contributed by atoms with Gasteiger partial charge in [-0.3, -0.25) is 0 Å². The van der Waals surface area contributed by atoms with E-state index in [4.69, 9.17) is 10.00 Å². The molecule has 17 heavy (non-hydrogen) atoms. The van der Waals surface area contributed by atoms with Crippen LogP contribution >= 0.6 is 0 Å². The van der Waals surface area contributed by atoms with E-state index in [1.54, 1.807) is 0 Å². The van der Waals surface area contributed by atoms with Crippen LogP contribution in [-0.4, -0.2) is 13.2 Å².